The lowest BCUT2D eigenvalue weighted by atomic mass is 10.1. The van der Waals surface area contributed by atoms with E-state index in [2.05, 4.69) is 9.89 Å². The van der Waals surface area contributed by atoms with E-state index in [1.54, 1.807) is 19.4 Å². The molecule has 6 heteroatoms. The van der Waals surface area contributed by atoms with Gasteiger partial charge in [-0.2, -0.15) is 0 Å². The molecule has 126 valence electrons. The molecule has 0 N–H and O–H groups in total. The first kappa shape index (κ1) is 16.7. The quantitative estimate of drug-likeness (QED) is 0.781. The number of ether oxygens (including phenoxy) is 2. The number of hydrogen-bond acceptors (Lipinski definition) is 4. The number of halogens is 2. The first-order chi connectivity index (χ1) is 11.7. The molecular weight excluding hydrogens is 331 g/mol. The van der Waals surface area contributed by atoms with Crippen molar-refractivity contribution >= 4 is 29.2 Å². The first-order valence-electron chi connectivity index (χ1n) is 7.67. The fourth-order valence-corrected chi connectivity index (χ4v) is 2.71. The van der Waals surface area contributed by atoms with Crippen molar-refractivity contribution in [3.63, 3.8) is 0 Å². The van der Waals surface area contributed by atoms with Gasteiger partial charge in [-0.1, -0.05) is 11.6 Å². The number of methoxy groups -OCH3 is 1. The monoisotopic (exact) mass is 348 g/mol. The van der Waals surface area contributed by atoms with Gasteiger partial charge in [0.25, 0.3) is 0 Å². The number of anilines is 1. The van der Waals surface area contributed by atoms with Crippen molar-refractivity contribution in [3.8, 4) is 5.75 Å². The Morgan fingerprint density at radius 3 is 2.71 bits per heavy atom. The van der Waals surface area contributed by atoms with Gasteiger partial charge in [0.15, 0.2) is 0 Å². The lowest BCUT2D eigenvalue weighted by molar-refractivity contribution is 0.122. The molecule has 1 fully saturated rings. The van der Waals surface area contributed by atoms with E-state index in [0.717, 1.165) is 43.3 Å². The summed E-state index contributed by atoms with van der Waals surface area (Å²) in [4.78, 5) is 6.60. The summed E-state index contributed by atoms with van der Waals surface area (Å²) < 4.78 is 24.0. The topological polar surface area (TPSA) is 34.1 Å². The van der Waals surface area contributed by atoms with Gasteiger partial charge >= 0.3 is 0 Å². The Labute approximate surface area is 145 Å². The van der Waals surface area contributed by atoms with E-state index in [0.29, 0.717) is 5.69 Å². The van der Waals surface area contributed by atoms with E-state index >= 15 is 0 Å². The molecule has 2 aromatic carbocycles. The predicted octanol–water partition coefficient (Wildman–Crippen LogP) is 4.07. The molecule has 0 radical (unpaired) electrons. The minimum atomic E-state index is -0.455. The molecule has 0 spiro atoms. The van der Waals surface area contributed by atoms with Gasteiger partial charge in [0.1, 0.15) is 11.6 Å². The second-order valence-electron chi connectivity index (χ2n) is 5.38. The Balaban J connectivity index is 1.82. The fraction of sp³-hybridized carbons (Fsp3) is 0.278. The molecule has 1 aliphatic rings. The van der Waals surface area contributed by atoms with Gasteiger partial charge in [-0.15, -0.1) is 0 Å². The Morgan fingerprint density at radius 1 is 1.21 bits per heavy atom. The van der Waals surface area contributed by atoms with Crippen LogP contribution in [0.4, 0.5) is 15.8 Å². The Bertz CT molecular complexity index is 746. The molecule has 0 saturated carbocycles. The summed E-state index contributed by atoms with van der Waals surface area (Å²) in [7, 11) is 1.63. The number of hydrogen-bond donors (Lipinski definition) is 0. The van der Waals surface area contributed by atoms with Crippen LogP contribution in [-0.4, -0.2) is 39.6 Å². The highest BCUT2D eigenvalue weighted by molar-refractivity contribution is 6.31. The molecule has 4 nitrogen and oxygen atoms in total. The van der Waals surface area contributed by atoms with Crippen LogP contribution in [0.2, 0.25) is 5.02 Å². The Morgan fingerprint density at radius 2 is 2.00 bits per heavy atom. The van der Waals surface area contributed by atoms with Gasteiger partial charge in [0.2, 0.25) is 0 Å². The summed E-state index contributed by atoms with van der Waals surface area (Å²) in [5, 5.41) is 0.0549. The lowest BCUT2D eigenvalue weighted by Crippen LogP contribution is -2.36. The average Bonchev–Trinajstić information content (AvgIpc) is 2.63. The van der Waals surface area contributed by atoms with E-state index in [1.807, 2.05) is 18.2 Å². The molecule has 3 rings (SSSR count). The SMILES string of the molecule is COc1cc(N2CCOCC2)ccc1C=Nc1ccc(F)c(Cl)c1. The standard InChI is InChI=1S/C18H18ClFN2O2/c1-23-18-11-15(22-6-8-24-9-7-22)4-2-13(18)12-21-14-3-5-17(20)16(19)10-14/h2-5,10-12H,6-9H2,1H3. The maximum Gasteiger partial charge on any atom is 0.141 e. The highest BCUT2D eigenvalue weighted by Gasteiger charge is 2.13. The smallest absolute Gasteiger partial charge is 0.141 e. The van der Waals surface area contributed by atoms with Crippen molar-refractivity contribution < 1.29 is 13.9 Å². The van der Waals surface area contributed by atoms with Crippen molar-refractivity contribution in [3.05, 3.63) is 52.8 Å². The van der Waals surface area contributed by atoms with Crippen LogP contribution in [0.25, 0.3) is 0 Å². The summed E-state index contributed by atoms with van der Waals surface area (Å²) in [6.45, 7) is 3.20. The van der Waals surface area contributed by atoms with Crippen LogP contribution in [0.3, 0.4) is 0 Å². The van der Waals surface area contributed by atoms with Crippen molar-refractivity contribution in [2.24, 2.45) is 4.99 Å². The Kier molecular flexibility index (Phi) is 5.33. The molecule has 24 heavy (non-hydrogen) atoms. The van der Waals surface area contributed by atoms with Crippen LogP contribution in [0.5, 0.6) is 5.75 Å². The van der Waals surface area contributed by atoms with Crippen LogP contribution < -0.4 is 9.64 Å². The molecule has 0 atom stereocenters. The third-order valence-electron chi connectivity index (χ3n) is 3.85. The van der Waals surface area contributed by atoms with Crippen LogP contribution in [0.15, 0.2) is 41.4 Å². The van der Waals surface area contributed by atoms with Crippen molar-refractivity contribution in [2.45, 2.75) is 0 Å². The van der Waals surface area contributed by atoms with Gasteiger partial charge in [-0.25, -0.2) is 4.39 Å². The third kappa shape index (κ3) is 3.86. The van der Waals surface area contributed by atoms with Crippen molar-refractivity contribution in [1.29, 1.82) is 0 Å². The third-order valence-corrected chi connectivity index (χ3v) is 4.14. The molecule has 2 aromatic rings. The number of morpholine rings is 1. The number of rotatable bonds is 4. The van der Waals surface area contributed by atoms with Gasteiger partial charge < -0.3 is 14.4 Å². The van der Waals surface area contributed by atoms with Gasteiger partial charge in [-0.3, -0.25) is 4.99 Å². The molecule has 1 aliphatic heterocycles. The molecule has 0 aromatic heterocycles. The zero-order valence-corrected chi connectivity index (χ0v) is 14.1. The van der Waals surface area contributed by atoms with E-state index in [4.69, 9.17) is 21.1 Å². The van der Waals surface area contributed by atoms with E-state index in [9.17, 15) is 4.39 Å². The maximum atomic E-state index is 13.2. The highest BCUT2D eigenvalue weighted by Crippen LogP contribution is 2.26. The highest BCUT2D eigenvalue weighted by atomic mass is 35.5. The van der Waals surface area contributed by atoms with Crippen LogP contribution in [-0.2, 0) is 4.74 Å². The van der Waals surface area contributed by atoms with E-state index < -0.39 is 5.82 Å². The molecule has 0 aliphatic carbocycles. The predicted molar refractivity (Wildman–Crippen MR) is 94.7 cm³/mol. The summed E-state index contributed by atoms with van der Waals surface area (Å²) in [6, 6.07) is 10.3. The Hall–Kier alpha value is -2.11. The van der Waals surface area contributed by atoms with Gasteiger partial charge in [0.05, 0.1) is 31.0 Å². The zero-order valence-electron chi connectivity index (χ0n) is 13.3. The average molecular weight is 349 g/mol. The van der Waals surface area contributed by atoms with Crippen LogP contribution in [0, 0.1) is 5.82 Å². The first-order valence-corrected chi connectivity index (χ1v) is 8.05. The molecular formula is C18H18ClFN2O2. The normalized spacial score (nSPS) is 15.0. The molecule has 0 unspecified atom stereocenters. The number of benzene rings is 2. The van der Waals surface area contributed by atoms with E-state index in [1.165, 1.54) is 12.1 Å². The van der Waals surface area contributed by atoms with Crippen molar-refractivity contribution in [2.75, 3.05) is 38.3 Å². The molecule has 0 amide bonds. The van der Waals surface area contributed by atoms with Gasteiger partial charge in [0, 0.05) is 36.6 Å². The molecule has 1 heterocycles. The largest absolute Gasteiger partial charge is 0.496 e. The summed E-state index contributed by atoms with van der Waals surface area (Å²) in [5.74, 6) is 0.277. The van der Waals surface area contributed by atoms with E-state index in [-0.39, 0.29) is 5.02 Å². The second kappa shape index (κ2) is 7.64. The summed E-state index contributed by atoms with van der Waals surface area (Å²) in [6.07, 6.45) is 1.69. The second-order valence-corrected chi connectivity index (χ2v) is 5.79. The zero-order chi connectivity index (χ0) is 16.9. The number of nitrogens with zero attached hydrogens (tertiary/aromatic N) is 2. The molecule has 0 bridgehead atoms. The number of aliphatic imine (C=N–C) groups is 1. The lowest BCUT2D eigenvalue weighted by Gasteiger charge is -2.29. The van der Waals surface area contributed by atoms with Crippen molar-refractivity contribution in [1.82, 2.24) is 0 Å². The minimum Gasteiger partial charge on any atom is -0.496 e. The van der Waals surface area contributed by atoms with Gasteiger partial charge in [-0.05, 0) is 30.3 Å². The van der Waals surface area contributed by atoms with Crippen LogP contribution >= 0.6 is 11.6 Å². The summed E-state index contributed by atoms with van der Waals surface area (Å²) in [5.41, 5.74) is 2.52. The fourth-order valence-electron chi connectivity index (χ4n) is 2.53. The van der Waals surface area contributed by atoms with Crippen LogP contribution in [0.1, 0.15) is 5.56 Å². The minimum absolute atomic E-state index is 0.0549. The summed E-state index contributed by atoms with van der Waals surface area (Å²) >= 11 is 5.77. The molecule has 1 saturated heterocycles. The maximum absolute atomic E-state index is 13.2.